The summed E-state index contributed by atoms with van der Waals surface area (Å²) in [6.07, 6.45) is 6.01. The zero-order chi connectivity index (χ0) is 11.8. The van der Waals surface area contributed by atoms with Crippen LogP contribution in [0.1, 0.15) is 32.6 Å². The highest BCUT2D eigenvalue weighted by Gasteiger charge is 2.18. The maximum absolute atomic E-state index is 9.06. The van der Waals surface area contributed by atoms with Crippen LogP contribution in [0.25, 0.3) is 0 Å². The third-order valence-corrected chi connectivity index (χ3v) is 2.30. The Hall–Kier alpha value is -1.07. The minimum absolute atomic E-state index is 0.179. The molecular weight excluding hydrogens is 205 g/mol. The van der Waals surface area contributed by atoms with Crippen LogP contribution >= 0.6 is 0 Å². The van der Waals surface area contributed by atoms with E-state index in [0.29, 0.717) is 12.4 Å². The maximum Gasteiger partial charge on any atom is 0.512 e. The highest BCUT2D eigenvalue weighted by Crippen LogP contribution is 2.07. The first kappa shape index (κ1) is 13.0. The van der Waals surface area contributed by atoms with Crippen molar-refractivity contribution in [2.75, 3.05) is 6.61 Å². The Morgan fingerprint density at radius 2 is 2.12 bits per heavy atom. The van der Waals surface area contributed by atoms with Crippen molar-refractivity contribution in [3.63, 3.8) is 0 Å². The van der Waals surface area contributed by atoms with Crippen LogP contribution in [0.3, 0.4) is 0 Å². The molecule has 0 aliphatic rings. The van der Waals surface area contributed by atoms with Crippen LogP contribution in [0.4, 0.5) is 0 Å². The molecule has 0 saturated heterocycles. The van der Waals surface area contributed by atoms with Gasteiger partial charge in [-0.2, -0.15) is 0 Å². The molecule has 0 unspecified atom stereocenters. The molecule has 1 aromatic heterocycles. The van der Waals surface area contributed by atoms with Crippen molar-refractivity contribution in [2.24, 2.45) is 0 Å². The van der Waals surface area contributed by atoms with E-state index in [4.69, 9.17) is 14.8 Å². The Kier molecular flexibility index (Phi) is 5.89. The summed E-state index contributed by atoms with van der Waals surface area (Å²) in [5, 5.41) is 18.1. The number of aromatic nitrogens is 1. The van der Waals surface area contributed by atoms with Gasteiger partial charge in [-0.05, 0) is 18.6 Å². The van der Waals surface area contributed by atoms with Gasteiger partial charge < -0.3 is 14.8 Å². The summed E-state index contributed by atoms with van der Waals surface area (Å²) >= 11 is 0. The fourth-order valence-corrected chi connectivity index (χ4v) is 1.43. The molecule has 0 amide bonds. The van der Waals surface area contributed by atoms with Gasteiger partial charge in [-0.1, -0.05) is 26.2 Å². The number of ether oxygens (including phenoxy) is 1. The molecule has 0 aliphatic carbocycles. The normalized spacial score (nSPS) is 10.2. The third kappa shape index (κ3) is 4.20. The second-order valence-electron chi connectivity index (χ2n) is 3.67. The first-order valence-electron chi connectivity index (χ1n) is 5.69. The highest BCUT2D eigenvalue weighted by molar-refractivity contribution is 6.58. The smallest absolute Gasteiger partial charge is 0.492 e. The molecule has 0 aromatic carbocycles. The lowest BCUT2D eigenvalue weighted by Crippen LogP contribution is -2.34. The van der Waals surface area contributed by atoms with Gasteiger partial charge in [0.15, 0.2) is 0 Å². The van der Waals surface area contributed by atoms with Crippen LogP contribution in [0.15, 0.2) is 18.3 Å². The van der Waals surface area contributed by atoms with E-state index >= 15 is 0 Å². The SMILES string of the molecule is CCCCCCOc1cccnc1B(O)O. The van der Waals surface area contributed by atoms with Gasteiger partial charge in [0.1, 0.15) is 11.3 Å². The van der Waals surface area contributed by atoms with Crippen molar-refractivity contribution in [1.82, 2.24) is 4.98 Å². The Labute approximate surface area is 96.4 Å². The van der Waals surface area contributed by atoms with Gasteiger partial charge in [0.05, 0.1) is 6.61 Å². The van der Waals surface area contributed by atoms with Crippen molar-refractivity contribution in [1.29, 1.82) is 0 Å². The van der Waals surface area contributed by atoms with Crippen LogP contribution in [0.5, 0.6) is 5.75 Å². The van der Waals surface area contributed by atoms with E-state index in [2.05, 4.69) is 11.9 Å². The fraction of sp³-hybridized carbons (Fsp3) is 0.545. The highest BCUT2D eigenvalue weighted by atomic mass is 16.5. The van der Waals surface area contributed by atoms with E-state index < -0.39 is 7.12 Å². The van der Waals surface area contributed by atoms with E-state index in [9.17, 15) is 0 Å². The molecule has 0 bridgehead atoms. The number of nitrogens with zero attached hydrogens (tertiary/aromatic N) is 1. The molecule has 5 heteroatoms. The molecule has 16 heavy (non-hydrogen) atoms. The van der Waals surface area contributed by atoms with Crippen LogP contribution in [-0.2, 0) is 0 Å². The summed E-state index contributed by atoms with van der Waals surface area (Å²) in [5.41, 5.74) is 0.179. The van der Waals surface area contributed by atoms with E-state index in [-0.39, 0.29) is 5.59 Å². The van der Waals surface area contributed by atoms with Gasteiger partial charge in [0, 0.05) is 6.20 Å². The molecule has 0 aliphatic heterocycles. The molecule has 0 saturated carbocycles. The molecule has 1 heterocycles. The van der Waals surface area contributed by atoms with Gasteiger partial charge in [-0.3, -0.25) is 4.98 Å². The third-order valence-electron chi connectivity index (χ3n) is 2.30. The summed E-state index contributed by atoms with van der Waals surface area (Å²) in [6, 6.07) is 3.41. The zero-order valence-corrected chi connectivity index (χ0v) is 9.59. The standard InChI is InChI=1S/C11H18BNO3/c1-2-3-4-5-9-16-10-7-6-8-13-11(10)12(14)15/h6-8,14-15H,2-5,9H2,1H3. The van der Waals surface area contributed by atoms with E-state index in [1.165, 1.54) is 19.0 Å². The molecule has 1 rings (SSSR count). The monoisotopic (exact) mass is 223 g/mol. The molecule has 1 aromatic rings. The number of pyridine rings is 1. The Morgan fingerprint density at radius 1 is 1.31 bits per heavy atom. The summed E-state index contributed by atoms with van der Waals surface area (Å²) in [6.45, 7) is 2.74. The van der Waals surface area contributed by atoms with Crippen molar-refractivity contribution < 1.29 is 14.8 Å². The maximum atomic E-state index is 9.06. The Balaban J connectivity index is 2.41. The molecule has 2 N–H and O–H groups in total. The lowest BCUT2D eigenvalue weighted by Gasteiger charge is -2.09. The first-order valence-corrected chi connectivity index (χ1v) is 5.69. The molecule has 0 radical (unpaired) electrons. The fourth-order valence-electron chi connectivity index (χ4n) is 1.43. The first-order chi connectivity index (χ1) is 7.75. The van der Waals surface area contributed by atoms with Crippen molar-refractivity contribution in [3.8, 4) is 5.75 Å². The van der Waals surface area contributed by atoms with Gasteiger partial charge in [0.2, 0.25) is 0 Å². The van der Waals surface area contributed by atoms with Crippen LogP contribution < -0.4 is 10.3 Å². The van der Waals surface area contributed by atoms with Gasteiger partial charge in [0.25, 0.3) is 0 Å². The predicted molar refractivity (Wildman–Crippen MR) is 63.7 cm³/mol. The van der Waals surface area contributed by atoms with Gasteiger partial charge in [-0.25, -0.2) is 0 Å². The zero-order valence-electron chi connectivity index (χ0n) is 9.59. The van der Waals surface area contributed by atoms with E-state index in [0.717, 1.165) is 12.8 Å². The quantitative estimate of drug-likeness (QED) is 0.528. The molecular formula is C11H18BNO3. The van der Waals surface area contributed by atoms with Gasteiger partial charge in [-0.15, -0.1) is 0 Å². The number of unbranched alkanes of at least 4 members (excludes halogenated alkanes) is 3. The minimum atomic E-state index is -1.58. The minimum Gasteiger partial charge on any atom is -0.492 e. The lowest BCUT2D eigenvalue weighted by atomic mass is 9.85. The van der Waals surface area contributed by atoms with Gasteiger partial charge >= 0.3 is 7.12 Å². The van der Waals surface area contributed by atoms with Crippen molar-refractivity contribution in [3.05, 3.63) is 18.3 Å². The molecule has 0 fully saturated rings. The molecule has 0 spiro atoms. The summed E-state index contributed by atoms with van der Waals surface area (Å²) in [7, 11) is -1.58. The van der Waals surface area contributed by atoms with Crippen LogP contribution in [-0.4, -0.2) is 28.8 Å². The predicted octanol–water partition coefficient (Wildman–Crippen LogP) is 0.720. The second kappa shape index (κ2) is 7.25. The Bertz CT molecular complexity index is 307. The Morgan fingerprint density at radius 3 is 2.81 bits per heavy atom. The number of hydrogen-bond donors (Lipinski definition) is 2. The summed E-state index contributed by atoms with van der Waals surface area (Å²) < 4.78 is 5.46. The largest absolute Gasteiger partial charge is 0.512 e. The molecule has 4 nitrogen and oxygen atoms in total. The van der Waals surface area contributed by atoms with E-state index in [1.807, 2.05) is 0 Å². The average Bonchev–Trinajstić information content (AvgIpc) is 2.29. The summed E-state index contributed by atoms with van der Waals surface area (Å²) in [4.78, 5) is 3.87. The number of hydrogen-bond acceptors (Lipinski definition) is 4. The molecule has 0 atom stereocenters. The van der Waals surface area contributed by atoms with Crippen LogP contribution in [0.2, 0.25) is 0 Å². The van der Waals surface area contributed by atoms with E-state index in [1.54, 1.807) is 12.1 Å². The average molecular weight is 223 g/mol. The van der Waals surface area contributed by atoms with Crippen LogP contribution in [0, 0.1) is 0 Å². The summed E-state index contributed by atoms with van der Waals surface area (Å²) in [5.74, 6) is 0.453. The van der Waals surface area contributed by atoms with Crippen molar-refractivity contribution in [2.45, 2.75) is 32.6 Å². The topological polar surface area (TPSA) is 62.6 Å². The lowest BCUT2D eigenvalue weighted by molar-refractivity contribution is 0.304. The second-order valence-corrected chi connectivity index (χ2v) is 3.67. The number of rotatable bonds is 7. The molecule has 88 valence electrons. The van der Waals surface area contributed by atoms with Crippen molar-refractivity contribution >= 4 is 12.7 Å².